The molecule has 0 amide bonds. The Morgan fingerprint density at radius 3 is 1.46 bits per heavy atom. The number of hydrogen-bond donors (Lipinski definition) is 2. The maximum Gasteiger partial charge on any atom is 0.317 e. The largest absolute Gasteiger partial charge is 0.481 e. The molecular weight excluding hydrogens is 176 g/mol. The van der Waals surface area contributed by atoms with Crippen molar-refractivity contribution in [1.82, 2.24) is 0 Å². The second-order valence-electron chi connectivity index (χ2n) is 2.18. The van der Waals surface area contributed by atoms with Gasteiger partial charge in [0.2, 0.25) is 0 Å². The maximum absolute atomic E-state index is 9.76. The summed E-state index contributed by atoms with van der Waals surface area (Å²) in [5, 5.41) is 15.9. The summed E-state index contributed by atoms with van der Waals surface area (Å²) in [4.78, 5) is 19.5. The summed E-state index contributed by atoms with van der Waals surface area (Å²) >= 11 is 0. The Kier molecular flexibility index (Phi) is 9.98. The molecule has 0 radical (unpaired) electrons. The zero-order chi connectivity index (χ0) is 10.9. The summed E-state index contributed by atoms with van der Waals surface area (Å²) in [6.45, 7) is 6.78. The molecule has 0 aliphatic carbocycles. The van der Waals surface area contributed by atoms with Gasteiger partial charge >= 0.3 is 11.9 Å². The lowest BCUT2D eigenvalue weighted by atomic mass is 10.2. The maximum atomic E-state index is 9.76. The Hall–Kier alpha value is -1.10. The fraction of sp³-hybridized carbons (Fsp3) is 0.750. The first-order valence-electron chi connectivity index (χ1n) is 4.00. The zero-order valence-electron chi connectivity index (χ0n) is 8.11. The topological polar surface area (TPSA) is 83.8 Å². The molecule has 0 aromatic heterocycles. The molecule has 0 saturated carbocycles. The van der Waals surface area contributed by atoms with Crippen molar-refractivity contribution in [3.05, 3.63) is 0 Å². The van der Waals surface area contributed by atoms with Crippen LogP contribution in [0.2, 0.25) is 0 Å². The van der Waals surface area contributed by atoms with Gasteiger partial charge in [0.1, 0.15) is 0 Å². The van der Waals surface area contributed by atoms with Crippen molar-refractivity contribution in [2.75, 3.05) is 13.2 Å². The molecule has 0 rings (SSSR count). The number of carboxylic acid groups (broad SMARTS) is 2. The van der Waals surface area contributed by atoms with Crippen LogP contribution in [-0.2, 0) is 14.3 Å². The molecule has 0 saturated heterocycles. The first kappa shape index (κ1) is 14.4. The Balaban J connectivity index is 0. The smallest absolute Gasteiger partial charge is 0.317 e. The quantitative estimate of drug-likeness (QED) is 0.644. The second-order valence-corrected chi connectivity index (χ2v) is 2.18. The third kappa shape index (κ3) is 10.9. The van der Waals surface area contributed by atoms with Gasteiger partial charge in [0, 0.05) is 13.2 Å². The highest BCUT2D eigenvalue weighted by Gasteiger charge is 2.18. The van der Waals surface area contributed by atoms with E-state index in [0.29, 0.717) is 0 Å². The van der Waals surface area contributed by atoms with Crippen LogP contribution < -0.4 is 0 Å². The Morgan fingerprint density at radius 2 is 1.46 bits per heavy atom. The van der Waals surface area contributed by atoms with E-state index >= 15 is 0 Å². The molecule has 0 aliphatic rings. The fourth-order valence-corrected chi connectivity index (χ4v) is 0.310. The van der Waals surface area contributed by atoms with Gasteiger partial charge in [0.05, 0.1) is 0 Å². The molecule has 0 fully saturated rings. The third-order valence-corrected chi connectivity index (χ3v) is 1.15. The summed E-state index contributed by atoms with van der Waals surface area (Å²) < 4.78 is 4.83. The molecule has 78 valence electrons. The SMILES string of the molecule is CC(C(=O)O)C(=O)O.CCOCC. The average molecular weight is 192 g/mol. The van der Waals surface area contributed by atoms with Gasteiger partial charge in [-0.3, -0.25) is 9.59 Å². The zero-order valence-corrected chi connectivity index (χ0v) is 8.11. The van der Waals surface area contributed by atoms with Gasteiger partial charge in [-0.15, -0.1) is 0 Å². The molecule has 13 heavy (non-hydrogen) atoms. The minimum Gasteiger partial charge on any atom is -0.481 e. The number of aliphatic carboxylic acids is 2. The van der Waals surface area contributed by atoms with E-state index in [9.17, 15) is 9.59 Å². The van der Waals surface area contributed by atoms with E-state index < -0.39 is 17.9 Å². The lowest BCUT2D eigenvalue weighted by Crippen LogP contribution is -2.19. The predicted molar refractivity (Wildman–Crippen MR) is 46.6 cm³/mol. The van der Waals surface area contributed by atoms with Crippen LogP contribution in [0.4, 0.5) is 0 Å². The average Bonchev–Trinajstić information content (AvgIpc) is 2.05. The normalized spacial score (nSPS) is 8.92. The van der Waals surface area contributed by atoms with Gasteiger partial charge in [-0.1, -0.05) is 0 Å². The Labute approximate surface area is 77.3 Å². The first-order valence-corrected chi connectivity index (χ1v) is 4.00. The van der Waals surface area contributed by atoms with Crippen LogP contribution in [0, 0.1) is 5.92 Å². The molecular formula is C8H16O5. The molecule has 5 nitrogen and oxygen atoms in total. The number of hydrogen-bond acceptors (Lipinski definition) is 3. The molecule has 0 aliphatic heterocycles. The molecule has 0 heterocycles. The molecule has 5 heteroatoms. The highest BCUT2D eigenvalue weighted by atomic mass is 16.5. The van der Waals surface area contributed by atoms with Crippen LogP contribution in [-0.4, -0.2) is 35.4 Å². The van der Waals surface area contributed by atoms with Gasteiger partial charge in [-0.2, -0.15) is 0 Å². The molecule has 0 bridgehead atoms. The van der Waals surface area contributed by atoms with Gasteiger partial charge in [0.15, 0.2) is 5.92 Å². The summed E-state index contributed by atoms with van der Waals surface area (Å²) in [6.07, 6.45) is 0. The highest BCUT2D eigenvalue weighted by molar-refractivity contribution is 5.92. The molecule has 0 aromatic rings. The van der Waals surface area contributed by atoms with Crippen molar-refractivity contribution >= 4 is 11.9 Å². The van der Waals surface area contributed by atoms with Gasteiger partial charge in [-0.25, -0.2) is 0 Å². The van der Waals surface area contributed by atoms with Crippen LogP contribution in [0.1, 0.15) is 20.8 Å². The van der Waals surface area contributed by atoms with Gasteiger partial charge in [0.25, 0.3) is 0 Å². The fourth-order valence-electron chi connectivity index (χ4n) is 0.310. The van der Waals surface area contributed by atoms with Crippen molar-refractivity contribution in [1.29, 1.82) is 0 Å². The van der Waals surface area contributed by atoms with E-state index in [4.69, 9.17) is 14.9 Å². The van der Waals surface area contributed by atoms with E-state index in [-0.39, 0.29) is 0 Å². The minimum absolute atomic E-state index is 0.844. The molecule has 0 aromatic carbocycles. The number of rotatable bonds is 4. The Morgan fingerprint density at radius 1 is 1.15 bits per heavy atom. The van der Waals surface area contributed by atoms with Crippen molar-refractivity contribution < 1.29 is 24.5 Å². The second kappa shape index (κ2) is 8.99. The molecule has 0 atom stereocenters. The van der Waals surface area contributed by atoms with Gasteiger partial charge in [-0.05, 0) is 20.8 Å². The van der Waals surface area contributed by atoms with Gasteiger partial charge < -0.3 is 14.9 Å². The van der Waals surface area contributed by atoms with E-state index in [1.807, 2.05) is 13.8 Å². The predicted octanol–water partition coefficient (Wildman–Crippen LogP) is 0.834. The summed E-state index contributed by atoms with van der Waals surface area (Å²) in [7, 11) is 0. The first-order chi connectivity index (χ1) is 5.97. The summed E-state index contributed by atoms with van der Waals surface area (Å²) in [6, 6.07) is 0. The summed E-state index contributed by atoms with van der Waals surface area (Å²) in [5.41, 5.74) is 0. The number of carbonyl (C=O) groups is 2. The van der Waals surface area contributed by atoms with Crippen molar-refractivity contribution in [3.8, 4) is 0 Å². The van der Waals surface area contributed by atoms with Crippen molar-refractivity contribution in [2.24, 2.45) is 5.92 Å². The van der Waals surface area contributed by atoms with E-state index in [2.05, 4.69) is 0 Å². The molecule has 2 N–H and O–H groups in total. The van der Waals surface area contributed by atoms with E-state index in [1.165, 1.54) is 0 Å². The number of ether oxygens (including phenoxy) is 1. The van der Waals surface area contributed by atoms with Crippen molar-refractivity contribution in [2.45, 2.75) is 20.8 Å². The molecule has 0 unspecified atom stereocenters. The van der Waals surface area contributed by atoms with E-state index in [0.717, 1.165) is 20.1 Å². The van der Waals surface area contributed by atoms with Crippen LogP contribution in [0.5, 0.6) is 0 Å². The lowest BCUT2D eigenvalue weighted by Gasteiger charge is -1.94. The molecule has 0 spiro atoms. The number of carboxylic acids is 2. The van der Waals surface area contributed by atoms with Crippen LogP contribution >= 0.6 is 0 Å². The van der Waals surface area contributed by atoms with Crippen LogP contribution in [0.15, 0.2) is 0 Å². The third-order valence-electron chi connectivity index (χ3n) is 1.15. The van der Waals surface area contributed by atoms with Crippen LogP contribution in [0.3, 0.4) is 0 Å². The Bertz CT molecular complexity index is 139. The monoisotopic (exact) mass is 192 g/mol. The van der Waals surface area contributed by atoms with E-state index in [1.54, 1.807) is 0 Å². The van der Waals surface area contributed by atoms with Crippen LogP contribution in [0.25, 0.3) is 0 Å². The minimum atomic E-state index is -1.31. The van der Waals surface area contributed by atoms with Crippen molar-refractivity contribution in [3.63, 3.8) is 0 Å². The lowest BCUT2D eigenvalue weighted by molar-refractivity contribution is -0.153. The summed E-state index contributed by atoms with van der Waals surface area (Å²) in [5.74, 6) is -3.91. The highest BCUT2D eigenvalue weighted by Crippen LogP contribution is 1.91. The standard InChI is InChI=1S/C4H6O4.C4H10O/c1-2(3(5)6)4(7)8;1-3-5-4-2/h2H,1H3,(H,5,6)(H,7,8);3-4H2,1-2H3.